The summed E-state index contributed by atoms with van der Waals surface area (Å²) in [4.78, 5) is 4.64. The first-order valence-corrected chi connectivity index (χ1v) is 8.14. The van der Waals surface area contributed by atoms with E-state index in [2.05, 4.69) is 43.2 Å². The van der Waals surface area contributed by atoms with E-state index in [-0.39, 0.29) is 0 Å². The molecule has 1 aromatic rings. The summed E-state index contributed by atoms with van der Waals surface area (Å²) in [7, 11) is 0. The van der Waals surface area contributed by atoms with Crippen molar-refractivity contribution in [1.82, 2.24) is 15.5 Å². The molecule has 3 unspecified atom stereocenters. The largest absolute Gasteiger partial charge is 0.339 e. The Balaban J connectivity index is 1.93. The smallest absolute Gasteiger partial charge is 0.228 e. The molecule has 0 aromatic carbocycles. The Morgan fingerprint density at radius 1 is 1.35 bits per heavy atom. The summed E-state index contributed by atoms with van der Waals surface area (Å²) in [5.41, 5.74) is 0. The molecule has 114 valence electrons. The second kappa shape index (κ2) is 7.21. The van der Waals surface area contributed by atoms with Gasteiger partial charge < -0.3 is 9.84 Å². The van der Waals surface area contributed by atoms with Crippen LogP contribution in [0.3, 0.4) is 0 Å². The Bertz CT molecular complexity index is 402. The minimum atomic E-state index is 0.441. The quantitative estimate of drug-likeness (QED) is 0.829. The fourth-order valence-corrected chi connectivity index (χ4v) is 3.27. The molecule has 1 fully saturated rings. The molecule has 20 heavy (non-hydrogen) atoms. The Morgan fingerprint density at radius 3 is 2.75 bits per heavy atom. The maximum atomic E-state index is 5.47. The van der Waals surface area contributed by atoms with Gasteiger partial charge in [-0.25, -0.2) is 0 Å². The van der Waals surface area contributed by atoms with Crippen LogP contribution in [0.4, 0.5) is 0 Å². The van der Waals surface area contributed by atoms with Crippen LogP contribution in [0, 0.1) is 11.8 Å². The SMILES string of the molecule is CCNC(Cc1nc(C2CCC(C)C2)no1)CC(C)C. The molecular weight excluding hydrogens is 250 g/mol. The third-order valence-corrected chi connectivity index (χ3v) is 4.21. The molecule has 1 aromatic heterocycles. The average molecular weight is 279 g/mol. The molecule has 3 atom stereocenters. The molecule has 0 spiro atoms. The summed E-state index contributed by atoms with van der Waals surface area (Å²) < 4.78 is 5.47. The van der Waals surface area contributed by atoms with Crippen molar-refractivity contribution >= 4 is 0 Å². The van der Waals surface area contributed by atoms with E-state index in [1.165, 1.54) is 19.3 Å². The van der Waals surface area contributed by atoms with E-state index >= 15 is 0 Å². The van der Waals surface area contributed by atoms with Crippen molar-refractivity contribution < 1.29 is 4.52 Å². The molecule has 4 nitrogen and oxygen atoms in total. The van der Waals surface area contributed by atoms with Crippen LogP contribution in [-0.4, -0.2) is 22.7 Å². The van der Waals surface area contributed by atoms with Crippen LogP contribution in [0.25, 0.3) is 0 Å². The average Bonchev–Trinajstić information content (AvgIpc) is 2.97. The van der Waals surface area contributed by atoms with Gasteiger partial charge >= 0.3 is 0 Å². The first-order chi connectivity index (χ1) is 9.58. The number of aromatic nitrogens is 2. The molecule has 1 aliphatic carbocycles. The Morgan fingerprint density at radius 2 is 2.15 bits per heavy atom. The summed E-state index contributed by atoms with van der Waals surface area (Å²) in [6, 6.07) is 0.441. The molecule has 2 rings (SSSR count). The lowest BCUT2D eigenvalue weighted by Gasteiger charge is -2.17. The number of nitrogens with zero attached hydrogens (tertiary/aromatic N) is 2. The van der Waals surface area contributed by atoms with E-state index in [4.69, 9.17) is 4.52 Å². The number of nitrogens with one attached hydrogen (secondary N) is 1. The first kappa shape index (κ1) is 15.5. The zero-order chi connectivity index (χ0) is 14.5. The predicted octanol–water partition coefficient (Wildman–Crippen LogP) is 3.54. The molecule has 1 heterocycles. The predicted molar refractivity (Wildman–Crippen MR) is 80.7 cm³/mol. The summed E-state index contributed by atoms with van der Waals surface area (Å²) in [5, 5.41) is 7.73. The van der Waals surface area contributed by atoms with Gasteiger partial charge in [0, 0.05) is 18.4 Å². The third-order valence-electron chi connectivity index (χ3n) is 4.21. The second-order valence-corrected chi connectivity index (χ2v) is 6.75. The van der Waals surface area contributed by atoms with Crippen LogP contribution in [0.1, 0.15) is 71.0 Å². The zero-order valence-electron chi connectivity index (χ0n) is 13.4. The monoisotopic (exact) mass is 279 g/mol. The molecule has 0 radical (unpaired) electrons. The van der Waals surface area contributed by atoms with E-state index in [1.807, 2.05) is 0 Å². The third kappa shape index (κ3) is 4.30. The molecule has 4 heteroatoms. The Kier molecular flexibility index (Phi) is 5.58. The van der Waals surface area contributed by atoms with Gasteiger partial charge in [-0.15, -0.1) is 0 Å². The van der Waals surface area contributed by atoms with E-state index in [0.717, 1.165) is 37.0 Å². The topological polar surface area (TPSA) is 51.0 Å². The number of likely N-dealkylation sites (N-methyl/N-ethyl adjacent to an activating group) is 1. The van der Waals surface area contributed by atoms with Gasteiger partial charge in [0.2, 0.25) is 5.89 Å². The molecule has 0 aliphatic heterocycles. The lowest BCUT2D eigenvalue weighted by molar-refractivity contribution is 0.336. The van der Waals surface area contributed by atoms with Gasteiger partial charge in [0.05, 0.1) is 0 Å². The van der Waals surface area contributed by atoms with Crippen molar-refractivity contribution in [3.63, 3.8) is 0 Å². The van der Waals surface area contributed by atoms with Gasteiger partial charge in [0.1, 0.15) is 0 Å². The molecule has 0 saturated heterocycles. The zero-order valence-corrected chi connectivity index (χ0v) is 13.4. The molecular formula is C16H29N3O. The summed E-state index contributed by atoms with van der Waals surface area (Å²) in [6.45, 7) is 9.95. The normalized spacial score (nSPS) is 24.4. The van der Waals surface area contributed by atoms with Gasteiger partial charge in [-0.1, -0.05) is 32.9 Å². The summed E-state index contributed by atoms with van der Waals surface area (Å²) in [6.07, 6.45) is 5.71. The Hall–Kier alpha value is -0.900. The highest BCUT2D eigenvalue weighted by molar-refractivity contribution is 5.00. The van der Waals surface area contributed by atoms with Crippen LogP contribution in [0.2, 0.25) is 0 Å². The summed E-state index contributed by atoms with van der Waals surface area (Å²) in [5.74, 6) is 3.73. The first-order valence-electron chi connectivity index (χ1n) is 8.14. The maximum absolute atomic E-state index is 5.47. The fourth-order valence-electron chi connectivity index (χ4n) is 3.27. The van der Waals surface area contributed by atoms with Crippen molar-refractivity contribution in [3.05, 3.63) is 11.7 Å². The van der Waals surface area contributed by atoms with Gasteiger partial charge in [0.25, 0.3) is 0 Å². The molecule has 1 N–H and O–H groups in total. The second-order valence-electron chi connectivity index (χ2n) is 6.75. The van der Waals surface area contributed by atoms with Crippen molar-refractivity contribution in [2.75, 3.05) is 6.54 Å². The van der Waals surface area contributed by atoms with E-state index in [9.17, 15) is 0 Å². The molecule has 1 aliphatic rings. The Labute approximate surface area is 122 Å². The highest BCUT2D eigenvalue weighted by Gasteiger charge is 2.27. The van der Waals surface area contributed by atoms with Gasteiger partial charge in [-0.2, -0.15) is 4.98 Å². The van der Waals surface area contributed by atoms with Crippen molar-refractivity contribution in [1.29, 1.82) is 0 Å². The van der Waals surface area contributed by atoms with E-state index < -0.39 is 0 Å². The molecule has 0 amide bonds. The van der Waals surface area contributed by atoms with Gasteiger partial charge in [-0.3, -0.25) is 0 Å². The minimum Gasteiger partial charge on any atom is -0.339 e. The fraction of sp³-hybridized carbons (Fsp3) is 0.875. The lowest BCUT2D eigenvalue weighted by Crippen LogP contribution is -2.32. The van der Waals surface area contributed by atoms with Crippen molar-refractivity contribution in [2.24, 2.45) is 11.8 Å². The highest BCUT2D eigenvalue weighted by Crippen LogP contribution is 2.36. The standard InChI is InChI=1S/C16H29N3O/c1-5-17-14(8-11(2)3)10-15-18-16(19-20-15)13-7-6-12(4)9-13/h11-14,17H,5-10H2,1-4H3. The van der Waals surface area contributed by atoms with E-state index in [0.29, 0.717) is 17.9 Å². The summed E-state index contributed by atoms with van der Waals surface area (Å²) >= 11 is 0. The van der Waals surface area contributed by atoms with Gasteiger partial charge in [0.15, 0.2) is 5.82 Å². The van der Waals surface area contributed by atoms with Crippen LogP contribution in [0.5, 0.6) is 0 Å². The highest BCUT2D eigenvalue weighted by atomic mass is 16.5. The molecule has 0 bridgehead atoms. The lowest BCUT2D eigenvalue weighted by atomic mass is 10.0. The van der Waals surface area contributed by atoms with Crippen LogP contribution in [-0.2, 0) is 6.42 Å². The van der Waals surface area contributed by atoms with Gasteiger partial charge in [-0.05, 0) is 44.1 Å². The van der Waals surface area contributed by atoms with Crippen LogP contribution >= 0.6 is 0 Å². The van der Waals surface area contributed by atoms with Crippen LogP contribution in [0.15, 0.2) is 4.52 Å². The number of hydrogen-bond donors (Lipinski definition) is 1. The number of hydrogen-bond acceptors (Lipinski definition) is 4. The number of rotatable bonds is 7. The van der Waals surface area contributed by atoms with Crippen molar-refractivity contribution in [2.45, 2.75) is 71.8 Å². The molecule has 1 saturated carbocycles. The minimum absolute atomic E-state index is 0.441. The van der Waals surface area contributed by atoms with Crippen molar-refractivity contribution in [3.8, 4) is 0 Å². The maximum Gasteiger partial charge on any atom is 0.228 e. The van der Waals surface area contributed by atoms with Crippen LogP contribution < -0.4 is 5.32 Å². The van der Waals surface area contributed by atoms with E-state index in [1.54, 1.807) is 0 Å².